The zero-order valence-electron chi connectivity index (χ0n) is 12.7. The Morgan fingerprint density at radius 2 is 1.71 bits per heavy atom. The monoisotopic (exact) mass is 409 g/mol. The van der Waals surface area contributed by atoms with E-state index in [-0.39, 0.29) is 31.4 Å². The lowest BCUT2D eigenvalue weighted by Gasteiger charge is -2.27. The van der Waals surface area contributed by atoms with Gasteiger partial charge in [0.2, 0.25) is 10.0 Å². The highest BCUT2D eigenvalue weighted by atomic mass is 35.5. The van der Waals surface area contributed by atoms with Crippen LogP contribution in [-0.2, 0) is 10.0 Å². The topological polar surface area (TPSA) is 61.4 Å². The molecule has 1 aliphatic rings. The normalized spacial score (nSPS) is 15.5. The van der Waals surface area contributed by atoms with Crippen molar-refractivity contribution in [3.63, 3.8) is 0 Å². The van der Waals surface area contributed by atoms with Crippen molar-refractivity contribution in [2.45, 2.75) is 11.3 Å². The molecular formula is C13H20Cl2F3N3O2S. The van der Waals surface area contributed by atoms with Crippen LogP contribution in [0.4, 0.5) is 13.2 Å². The Morgan fingerprint density at radius 1 is 1.08 bits per heavy atom. The molecule has 0 aliphatic carbocycles. The van der Waals surface area contributed by atoms with E-state index in [1.165, 1.54) is 0 Å². The number of sulfonamides is 1. The summed E-state index contributed by atoms with van der Waals surface area (Å²) in [5.74, 6) is -4.91. The van der Waals surface area contributed by atoms with Crippen LogP contribution in [0.15, 0.2) is 17.0 Å². The van der Waals surface area contributed by atoms with Crippen molar-refractivity contribution in [2.75, 3.05) is 39.3 Å². The first-order valence-electron chi connectivity index (χ1n) is 6.98. The highest BCUT2D eigenvalue weighted by Crippen LogP contribution is 2.19. The summed E-state index contributed by atoms with van der Waals surface area (Å²) in [6.07, 6.45) is 0.546. The minimum atomic E-state index is -4.20. The molecule has 0 saturated carbocycles. The molecule has 1 fully saturated rings. The van der Waals surface area contributed by atoms with E-state index in [0.717, 1.165) is 26.2 Å². The number of hydrogen-bond acceptors (Lipinski definition) is 4. The summed E-state index contributed by atoms with van der Waals surface area (Å²) in [7, 11) is -4.20. The van der Waals surface area contributed by atoms with Crippen LogP contribution in [0.25, 0.3) is 0 Å². The maximum Gasteiger partial charge on any atom is 0.243 e. The molecule has 0 aromatic heterocycles. The Labute approximate surface area is 151 Å². The molecule has 0 radical (unpaired) electrons. The number of nitrogens with one attached hydrogen (secondary N) is 2. The fourth-order valence-corrected chi connectivity index (χ4v) is 3.38. The maximum absolute atomic E-state index is 13.5. The Bertz CT molecular complexity index is 629. The van der Waals surface area contributed by atoms with E-state index >= 15 is 0 Å². The van der Waals surface area contributed by atoms with Crippen LogP contribution >= 0.6 is 24.8 Å². The summed E-state index contributed by atoms with van der Waals surface area (Å²) in [5.41, 5.74) is 0. The van der Waals surface area contributed by atoms with Crippen LogP contribution in [0.5, 0.6) is 0 Å². The Morgan fingerprint density at radius 3 is 2.33 bits per heavy atom. The molecule has 1 aliphatic heterocycles. The van der Waals surface area contributed by atoms with E-state index in [1.54, 1.807) is 0 Å². The predicted molar refractivity (Wildman–Crippen MR) is 89.9 cm³/mol. The number of piperazine rings is 1. The highest BCUT2D eigenvalue weighted by molar-refractivity contribution is 7.89. The van der Waals surface area contributed by atoms with Crippen LogP contribution in [0.2, 0.25) is 0 Å². The Balaban J connectivity index is 0.00000264. The quantitative estimate of drug-likeness (QED) is 0.552. The summed E-state index contributed by atoms with van der Waals surface area (Å²) in [5, 5.41) is 3.21. The first kappa shape index (κ1) is 23.4. The minimum Gasteiger partial charge on any atom is -0.314 e. The van der Waals surface area contributed by atoms with Gasteiger partial charge in [-0.05, 0) is 25.1 Å². The second-order valence-electron chi connectivity index (χ2n) is 5.02. The van der Waals surface area contributed by atoms with Gasteiger partial charge in [-0.25, -0.2) is 26.3 Å². The molecule has 24 heavy (non-hydrogen) atoms. The van der Waals surface area contributed by atoms with Crippen LogP contribution in [0.1, 0.15) is 6.42 Å². The summed E-state index contributed by atoms with van der Waals surface area (Å²) < 4.78 is 65.4. The summed E-state index contributed by atoms with van der Waals surface area (Å²) >= 11 is 0. The summed E-state index contributed by atoms with van der Waals surface area (Å²) in [6, 6.07) is 1.31. The fourth-order valence-electron chi connectivity index (χ4n) is 2.24. The van der Waals surface area contributed by atoms with Gasteiger partial charge in [0.25, 0.3) is 0 Å². The number of nitrogens with zero attached hydrogens (tertiary/aromatic N) is 1. The minimum absolute atomic E-state index is 0. The van der Waals surface area contributed by atoms with Crippen molar-refractivity contribution >= 4 is 34.8 Å². The maximum atomic E-state index is 13.5. The second kappa shape index (κ2) is 10.4. The summed E-state index contributed by atoms with van der Waals surface area (Å²) in [6.45, 7) is 4.39. The van der Waals surface area contributed by atoms with Gasteiger partial charge in [-0.3, -0.25) is 0 Å². The van der Waals surface area contributed by atoms with Crippen molar-refractivity contribution in [1.29, 1.82) is 0 Å². The molecule has 11 heteroatoms. The molecule has 0 spiro atoms. The van der Waals surface area contributed by atoms with Crippen molar-refractivity contribution in [1.82, 2.24) is 14.9 Å². The van der Waals surface area contributed by atoms with Gasteiger partial charge in [0.05, 0.1) is 0 Å². The lowest BCUT2D eigenvalue weighted by Crippen LogP contribution is -2.44. The molecule has 0 atom stereocenters. The largest absolute Gasteiger partial charge is 0.314 e. The number of hydrogen-bond donors (Lipinski definition) is 2. The third kappa shape index (κ3) is 6.05. The van der Waals surface area contributed by atoms with Gasteiger partial charge in [-0.15, -0.1) is 24.8 Å². The first-order chi connectivity index (χ1) is 10.4. The van der Waals surface area contributed by atoms with Crippen molar-refractivity contribution in [3.05, 3.63) is 29.6 Å². The smallest absolute Gasteiger partial charge is 0.243 e. The molecule has 1 saturated heterocycles. The third-order valence-electron chi connectivity index (χ3n) is 3.44. The molecule has 1 aromatic rings. The average Bonchev–Trinajstić information content (AvgIpc) is 2.50. The van der Waals surface area contributed by atoms with Crippen molar-refractivity contribution in [2.24, 2.45) is 0 Å². The van der Waals surface area contributed by atoms with Gasteiger partial charge in [-0.1, -0.05) is 0 Å². The van der Waals surface area contributed by atoms with Crippen molar-refractivity contribution < 1.29 is 21.6 Å². The Kier molecular flexibility index (Phi) is 10.2. The van der Waals surface area contributed by atoms with Gasteiger partial charge in [0.15, 0.2) is 17.5 Å². The van der Waals surface area contributed by atoms with E-state index in [2.05, 4.69) is 14.9 Å². The van der Waals surface area contributed by atoms with E-state index in [9.17, 15) is 21.6 Å². The molecule has 1 aromatic carbocycles. The third-order valence-corrected chi connectivity index (χ3v) is 4.92. The van der Waals surface area contributed by atoms with Gasteiger partial charge in [0.1, 0.15) is 4.90 Å². The number of rotatable bonds is 6. The SMILES string of the molecule is Cl.Cl.O=S(=O)(NCCCN1CCNCC1)c1ccc(F)c(F)c1F. The Hall–Kier alpha value is -0.580. The van der Waals surface area contributed by atoms with Crippen LogP contribution in [0, 0.1) is 17.5 Å². The van der Waals surface area contributed by atoms with Crippen molar-refractivity contribution in [3.8, 4) is 0 Å². The van der Waals surface area contributed by atoms with E-state index < -0.39 is 32.4 Å². The van der Waals surface area contributed by atoms with Gasteiger partial charge in [0, 0.05) is 32.7 Å². The zero-order valence-corrected chi connectivity index (χ0v) is 15.2. The standard InChI is InChI=1S/C13H18F3N3O2S.2ClH/c14-10-2-3-11(13(16)12(10)15)22(20,21)18-4-1-7-19-8-5-17-6-9-19;;/h2-3,17-18H,1,4-9H2;2*1H. The number of halogens is 5. The van der Waals surface area contributed by atoms with Crippen LogP contribution < -0.4 is 10.0 Å². The molecule has 0 amide bonds. The first-order valence-corrected chi connectivity index (χ1v) is 8.46. The van der Waals surface area contributed by atoms with E-state index in [1.807, 2.05) is 0 Å². The van der Waals surface area contributed by atoms with E-state index in [0.29, 0.717) is 25.1 Å². The van der Waals surface area contributed by atoms with Crippen LogP contribution in [0.3, 0.4) is 0 Å². The van der Waals surface area contributed by atoms with Crippen LogP contribution in [-0.4, -0.2) is 52.6 Å². The lowest BCUT2D eigenvalue weighted by molar-refractivity contribution is 0.239. The van der Waals surface area contributed by atoms with Gasteiger partial charge < -0.3 is 10.2 Å². The van der Waals surface area contributed by atoms with E-state index in [4.69, 9.17) is 0 Å². The highest BCUT2D eigenvalue weighted by Gasteiger charge is 2.23. The zero-order chi connectivity index (χ0) is 16.2. The molecule has 140 valence electrons. The second-order valence-corrected chi connectivity index (χ2v) is 6.75. The fraction of sp³-hybridized carbons (Fsp3) is 0.538. The molecule has 5 nitrogen and oxygen atoms in total. The lowest BCUT2D eigenvalue weighted by atomic mass is 10.3. The molecule has 0 bridgehead atoms. The molecule has 2 rings (SSSR count). The van der Waals surface area contributed by atoms with Gasteiger partial charge in [-0.2, -0.15) is 0 Å². The molecule has 0 unspecified atom stereocenters. The molecule has 2 N–H and O–H groups in total. The summed E-state index contributed by atoms with van der Waals surface area (Å²) in [4.78, 5) is 1.30. The molecule has 1 heterocycles. The predicted octanol–water partition coefficient (Wildman–Crippen LogP) is 1.52. The van der Waals surface area contributed by atoms with Gasteiger partial charge >= 0.3 is 0 Å². The number of benzene rings is 1. The average molecular weight is 410 g/mol. The molecular weight excluding hydrogens is 390 g/mol.